The van der Waals surface area contributed by atoms with Gasteiger partial charge in [-0.1, -0.05) is 18.2 Å². The largest absolute Gasteiger partial charge is 0.492 e. The molecule has 2 heterocycles. The van der Waals surface area contributed by atoms with E-state index in [2.05, 4.69) is 15.0 Å². The number of halogens is 3. The number of hydrogen-bond donors (Lipinski definition) is 0. The molecule has 1 aromatic carbocycles. The van der Waals surface area contributed by atoms with Crippen molar-refractivity contribution < 1.29 is 27.2 Å². The van der Waals surface area contributed by atoms with Crippen LogP contribution in [0.4, 0.5) is 13.2 Å². The van der Waals surface area contributed by atoms with Gasteiger partial charge in [-0.05, 0) is 31.4 Å². The van der Waals surface area contributed by atoms with Gasteiger partial charge in [-0.25, -0.2) is 4.79 Å². The van der Waals surface area contributed by atoms with Crippen molar-refractivity contribution in [1.29, 1.82) is 0 Å². The van der Waals surface area contributed by atoms with E-state index >= 15 is 0 Å². The first-order valence-corrected chi connectivity index (χ1v) is 7.78. The maximum atomic E-state index is 12.2. The number of alkyl halides is 3. The second kappa shape index (κ2) is 6.83. The van der Waals surface area contributed by atoms with Gasteiger partial charge in [0.2, 0.25) is 11.8 Å². The Kier molecular flexibility index (Phi) is 4.76. The van der Waals surface area contributed by atoms with E-state index in [1.165, 1.54) is 0 Å². The molecule has 0 radical (unpaired) electrons. The first kappa shape index (κ1) is 17.4. The minimum atomic E-state index is -4.99. The Balaban J connectivity index is 1.61. The highest BCUT2D eigenvalue weighted by Crippen LogP contribution is 2.30. The summed E-state index contributed by atoms with van der Waals surface area (Å²) in [6.45, 7) is 2.29. The lowest BCUT2D eigenvalue weighted by Crippen LogP contribution is -2.39. The first-order valence-electron chi connectivity index (χ1n) is 7.78. The fraction of sp³-hybridized carbons (Fsp3) is 0.438. The maximum absolute atomic E-state index is 12.2. The van der Waals surface area contributed by atoms with Gasteiger partial charge in [0, 0.05) is 24.6 Å². The van der Waals surface area contributed by atoms with Crippen LogP contribution >= 0.6 is 0 Å². The van der Waals surface area contributed by atoms with E-state index in [0.717, 1.165) is 16.2 Å². The highest BCUT2D eigenvalue weighted by atomic mass is 19.4. The van der Waals surface area contributed by atoms with Crippen molar-refractivity contribution >= 4 is 5.97 Å². The third-order valence-electron chi connectivity index (χ3n) is 4.06. The zero-order chi connectivity index (χ0) is 18.0. The zero-order valence-electron chi connectivity index (χ0n) is 13.4. The summed E-state index contributed by atoms with van der Waals surface area (Å²) in [5.41, 5.74) is 1.85. The number of nitrogens with zero attached hydrogens (tertiary/aromatic N) is 3. The average molecular weight is 355 g/mol. The third-order valence-corrected chi connectivity index (χ3v) is 4.06. The summed E-state index contributed by atoms with van der Waals surface area (Å²) in [6.07, 6.45) is -4.08. The summed E-state index contributed by atoms with van der Waals surface area (Å²) in [7, 11) is 0. The second-order valence-corrected chi connectivity index (χ2v) is 5.84. The van der Waals surface area contributed by atoms with Crippen molar-refractivity contribution in [2.75, 3.05) is 13.1 Å². The van der Waals surface area contributed by atoms with Crippen LogP contribution in [0.3, 0.4) is 0 Å². The number of aryl methyl sites for hydroxylation is 1. The van der Waals surface area contributed by atoms with Crippen molar-refractivity contribution in [3.05, 3.63) is 35.7 Å². The van der Waals surface area contributed by atoms with E-state index in [4.69, 9.17) is 4.42 Å². The fourth-order valence-corrected chi connectivity index (χ4v) is 2.68. The minimum absolute atomic E-state index is 0.0777. The molecule has 2 aromatic rings. The van der Waals surface area contributed by atoms with E-state index < -0.39 is 12.1 Å². The normalized spacial score (nSPS) is 16.8. The SMILES string of the molecule is Cc1ccccc1-c1nnc(C2CCN(OC(=O)C(F)(F)F)CC2)o1. The van der Waals surface area contributed by atoms with Gasteiger partial charge in [-0.2, -0.15) is 13.2 Å². The van der Waals surface area contributed by atoms with Crippen LogP contribution in [0.15, 0.2) is 28.7 Å². The molecule has 134 valence electrons. The lowest BCUT2D eigenvalue weighted by Gasteiger charge is -2.28. The molecule has 1 aromatic heterocycles. The van der Waals surface area contributed by atoms with Gasteiger partial charge in [0.05, 0.1) is 0 Å². The lowest BCUT2D eigenvalue weighted by atomic mass is 9.98. The summed E-state index contributed by atoms with van der Waals surface area (Å²) < 4.78 is 42.4. The molecule has 1 aliphatic heterocycles. The van der Waals surface area contributed by atoms with Crippen LogP contribution in [0, 0.1) is 6.92 Å². The Morgan fingerprint density at radius 3 is 2.56 bits per heavy atom. The van der Waals surface area contributed by atoms with Crippen LogP contribution in [0.2, 0.25) is 0 Å². The highest BCUT2D eigenvalue weighted by molar-refractivity contribution is 5.75. The molecule has 3 rings (SSSR count). The molecule has 1 fully saturated rings. The average Bonchev–Trinajstić information content (AvgIpc) is 3.05. The number of rotatable bonds is 3. The number of hydroxylamine groups is 2. The van der Waals surface area contributed by atoms with Crippen LogP contribution in [-0.4, -0.2) is 40.5 Å². The predicted octanol–water partition coefficient (Wildman–Crippen LogP) is 3.24. The number of aromatic nitrogens is 2. The monoisotopic (exact) mass is 355 g/mol. The Bertz CT molecular complexity index is 752. The molecule has 25 heavy (non-hydrogen) atoms. The van der Waals surface area contributed by atoms with Gasteiger partial charge >= 0.3 is 12.1 Å². The van der Waals surface area contributed by atoms with Crippen molar-refractivity contribution in [1.82, 2.24) is 15.3 Å². The number of carbonyl (C=O) groups is 1. The molecule has 1 saturated heterocycles. The Morgan fingerprint density at radius 1 is 1.24 bits per heavy atom. The molecular weight excluding hydrogens is 339 g/mol. The molecule has 6 nitrogen and oxygen atoms in total. The molecule has 0 unspecified atom stereocenters. The Labute approximate surface area is 141 Å². The Morgan fingerprint density at radius 2 is 1.92 bits per heavy atom. The molecule has 0 N–H and O–H groups in total. The van der Waals surface area contributed by atoms with Crippen molar-refractivity contribution in [3.63, 3.8) is 0 Å². The summed E-state index contributed by atoms with van der Waals surface area (Å²) in [6, 6.07) is 7.60. The quantitative estimate of drug-likeness (QED) is 0.842. The number of piperidine rings is 1. The highest BCUT2D eigenvalue weighted by Gasteiger charge is 2.43. The molecule has 0 spiro atoms. The molecule has 0 aliphatic carbocycles. The molecule has 0 bridgehead atoms. The van der Waals surface area contributed by atoms with E-state index in [1.54, 1.807) is 0 Å². The maximum Gasteiger partial charge on any atom is 0.492 e. The lowest BCUT2D eigenvalue weighted by molar-refractivity contribution is -0.241. The van der Waals surface area contributed by atoms with Crippen LogP contribution in [0.25, 0.3) is 11.5 Å². The minimum Gasteiger partial charge on any atom is -0.420 e. The van der Waals surface area contributed by atoms with E-state index in [0.29, 0.717) is 24.6 Å². The summed E-state index contributed by atoms with van der Waals surface area (Å²) >= 11 is 0. The topological polar surface area (TPSA) is 68.5 Å². The molecule has 0 amide bonds. The second-order valence-electron chi connectivity index (χ2n) is 5.84. The van der Waals surface area contributed by atoms with Gasteiger partial charge in [-0.3, -0.25) is 0 Å². The van der Waals surface area contributed by atoms with Crippen LogP contribution < -0.4 is 0 Å². The van der Waals surface area contributed by atoms with E-state index in [9.17, 15) is 18.0 Å². The smallest absolute Gasteiger partial charge is 0.420 e. The number of hydrogen-bond acceptors (Lipinski definition) is 6. The van der Waals surface area contributed by atoms with Gasteiger partial charge < -0.3 is 9.25 Å². The van der Waals surface area contributed by atoms with Gasteiger partial charge in [-0.15, -0.1) is 15.3 Å². The van der Waals surface area contributed by atoms with E-state index in [1.807, 2.05) is 31.2 Å². The standard InChI is InChI=1S/C16H16F3N3O3/c1-10-4-2-3-5-12(10)14-21-20-13(24-14)11-6-8-22(9-7-11)25-15(23)16(17,18)19/h2-5,11H,6-9H2,1H3. The molecule has 0 saturated carbocycles. The van der Waals surface area contributed by atoms with Crippen LogP contribution in [0.5, 0.6) is 0 Å². The summed E-state index contributed by atoms with van der Waals surface area (Å²) in [5, 5.41) is 9.14. The van der Waals surface area contributed by atoms with E-state index in [-0.39, 0.29) is 19.0 Å². The number of carbonyl (C=O) groups excluding carboxylic acids is 1. The van der Waals surface area contributed by atoms with Gasteiger partial charge in [0.1, 0.15) is 0 Å². The number of benzene rings is 1. The summed E-state index contributed by atoms with van der Waals surface area (Å²) in [5.74, 6) is -1.42. The first-order chi connectivity index (χ1) is 11.8. The van der Waals surface area contributed by atoms with Crippen LogP contribution in [0.1, 0.15) is 30.2 Å². The van der Waals surface area contributed by atoms with Gasteiger partial charge in [0.25, 0.3) is 0 Å². The van der Waals surface area contributed by atoms with Crippen molar-refractivity contribution in [3.8, 4) is 11.5 Å². The molecular formula is C16H16F3N3O3. The fourth-order valence-electron chi connectivity index (χ4n) is 2.68. The summed E-state index contributed by atoms with van der Waals surface area (Å²) in [4.78, 5) is 15.2. The molecule has 9 heteroatoms. The third kappa shape index (κ3) is 3.98. The van der Waals surface area contributed by atoms with Crippen molar-refractivity contribution in [2.24, 2.45) is 0 Å². The zero-order valence-corrected chi connectivity index (χ0v) is 13.4. The van der Waals surface area contributed by atoms with Crippen molar-refractivity contribution in [2.45, 2.75) is 31.9 Å². The van der Waals surface area contributed by atoms with Gasteiger partial charge in [0.15, 0.2) is 0 Å². The van der Waals surface area contributed by atoms with Crippen LogP contribution in [-0.2, 0) is 9.63 Å². The molecule has 1 aliphatic rings. The molecule has 0 atom stereocenters. The predicted molar refractivity (Wildman–Crippen MR) is 80.2 cm³/mol. The Hall–Kier alpha value is -2.42.